The summed E-state index contributed by atoms with van der Waals surface area (Å²) in [6.45, 7) is 2.33. The maximum Gasteiger partial charge on any atom is 0.119 e. The number of ether oxygens (including phenoxy) is 1. The molecule has 0 amide bonds. The molecule has 1 unspecified atom stereocenters. The Hall–Kier alpha value is -0.670. The van der Waals surface area contributed by atoms with Gasteiger partial charge >= 0.3 is 0 Å². The van der Waals surface area contributed by atoms with Gasteiger partial charge in [-0.25, -0.2) is 0 Å². The van der Waals surface area contributed by atoms with Gasteiger partial charge in [-0.05, 0) is 50.6 Å². The normalized spacial score (nSPS) is 21.4. The fourth-order valence-electron chi connectivity index (χ4n) is 1.97. The second-order valence-electron chi connectivity index (χ2n) is 4.10. The molecule has 0 bridgehead atoms. The predicted molar refractivity (Wildman–Crippen MR) is 69.4 cm³/mol. The van der Waals surface area contributed by atoms with Gasteiger partial charge in [-0.15, -0.1) is 11.8 Å². The van der Waals surface area contributed by atoms with Gasteiger partial charge in [-0.2, -0.15) is 0 Å². The lowest BCUT2D eigenvalue weighted by Crippen LogP contribution is -2.14. The Morgan fingerprint density at radius 2 is 2.25 bits per heavy atom. The molecule has 1 atom stereocenters. The Morgan fingerprint density at radius 1 is 1.31 bits per heavy atom. The summed E-state index contributed by atoms with van der Waals surface area (Å²) in [5, 5.41) is 4.20. The number of methoxy groups -OCH3 is 1. The number of nitrogens with one attached hydrogen (secondary N) is 1. The summed E-state index contributed by atoms with van der Waals surface area (Å²) in [7, 11) is 1.72. The van der Waals surface area contributed by atoms with E-state index in [-0.39, 0.29) is 0 Å². The topological polar surface area (TPSA) is 21.3 Å². The zero-order valence-corrected chi connectivity index (χ0v) is 10.6. The molecule has 2 nitrogen and oxygen atoms in total. The summed E-state index contributed by atoms with van der Waals surface area (Å²) in [5.41, 5.74) is 0. The minimum absolute atomic E-state index is 0.752. The fourth-order valence-corrected chi connectivity index (χ4v) is 3.22. The highest BCUT2D eigenvalue weighted by molar-refractivity contribution is 8.00. The fraction of sp³-hybridized carbons (Fsp3) is 0.538. The van der Waals surface area contributed by atoms with E-state index in [4.69, 9.17) is 4.74 Å². The smallest absolute Gasteiger partial charge is 0.119 e. The van der Waals surface area contributed by atoms with Gasteiger partial charge in [0.25, 0.3) is 0 Å². The zero-order chi connectivity index (χ0) is 11.2. The molecule has 1 heterocycles. The van der Waals surface area contributed by atoms with E-state index in [9.17, 15) is 0 Å². The third-order valence-corrected chi connectivity index (χ3v) is 4.20. The summed E-state index contributed by atoms with van der Waals surface area (Å²) >= 11 is 1.99. The number of hydrogen-bond acceptors (Lipinski definition) is 3. The number of rotatable bonds is 3. The average molecular weight is 237 g/mol. The summed E-state index contributed by atoms with van der Waals surface area (Å²) in [4.78, 5) is 1.33. The molecule has 88 valence electrons. The van der Waals surface area contributed by atoms with Gasteiger partial charge in [0.1, 0.15) is 5.75 Å². The molecule has 1 fully saturated rings. The van der Waals surface area contributed by atoms with Crippen molar-refractivity contribution in [3.8, 4) is 5.75 Å². The quantitative estimate of drug-likeness (QED) is 0.873. The summed E-state index contributed by atoms with van der Waals surface area (Å²) in [6.07, 6.45) is 3.87. The molecule has 0 aromatic heterocycles. The van der Waals surface area contributed by atoms with Gasteiger partial charge < -0.3 is 10.1 Å². The average Bonchev–Trinajstić information content (AvgIpc) is 2.58. The minimum Gasteiger partial charge on any atom is -0.497 e. The third-order valence-electron chi connectivity index (χ3n) is 2.87. The van der Waals surface area contributed by atoms with Crippen LogP contribution in [0, 0.1) is 0 Å². The Morgan fingerprint density at radius 3 is 3.12 bits per heavy atom. The molecule has 1 N–H and O–H groups in total. The van der Waals surface area contributed by atoms with Gasteiger partial charge in [-0.3, -0.25) is 0 Å². The molecular formula is C13H19NOS. The zero-order valence-electron chi connectivity index (χ0n) is 9.74. The van der Waals surface area contributed by atoms with Crippen molar-refractivity contribution in [1.82, 2.24) is 5.32 Å². The van der Waals surface area contributed by atoms with E-state index in [1.54, 1.807) is 7.11 Å². The number of thioether (sulfide) groups is 1. The van der Waals surface area contributed by atoms with Crippen LogP contribution >= 0.6 is 11.8 Å². The van der Waals surface area contributed by atoms with Crippen LogP contribution in [0.4, 0.5) is 0 Å². The van der Waals surface area contributed by atoms with Crippen molar-refractivity contribution >= 4 is 11.8 Å². The van der Waals surface area contributed by atoms with Crippen LogP contribution in [0.3, 0.4) is 0 Å². The second-order valence-corrected chi connectivity index (χ2v) is 5.47. The summed E-state index contributed by atoms with van der Waals surface area (Å²) in [5.74, 6) is 0.955. The van der Waals surface area contributed by atoms with Crippen LogP contribution in [0.2, 0.25) is 0 Å². The first-order chi connectivity index (χ1) is 7.88. The van der Waals surface area contributed by atoms with E-state index in [2.05, 4.69) is 23.5 Å². The molecule has 0 radical (unpaired) electrons. The predicted octanol–water partition coefficient (Wildman–Crippen LogP) is 2.93. The number of benzene rings is 1. The summed E-state index contributed by atoms with van der Waals surface area (Å²) in [6, 6.07) is 8.36. The van der Waals surface area contributed by atoms with Gasteiger partial charge in [0.2, 0.25) is 0 Å². The molecular weight excluding hydrogens is 218 g/mol. The molecule has 1 aliphatic rings. The lowest BCUT2D eigenvalue weighted by molar-refractivity contribution is 0.413. The molecule has 0 spiro atoms. The first kappa shape index (κ1) is 11.8. The van der Waals surface area contributed by atoms with E-state index < -0.39 is 0 Å². The van der Waals surface area contributed by atoms with Crippen molar-refractivity contribution in [3.63, 3.8) is 0 Å². The Bertz CT molecular complexity index is 321. The van der Waals surface area contributed by atoms with Crippen molar-refractivity contribution in [2.24, 2.45) is 0 Å². The van der Waals surface area contributed by atoms with Crippen LogP contribution in [-0.4, -0.2) is 25.4 Å². The van der Waals surface area contributed by atoms with E-state index in [0.717, 1.165) is 17.5 Å². The highest BCUT2D eigenvalue weighted by atomic mass is 32.2. The largest absolute Gasteiger partial charge is 0.497 e. The molecule has 2 rings (SSSR count). The monoisotopic (exact) mass is 237 g/mol. The van der Waals surface area contributed by atoms with Crippen molar-refractivity contribution in [1.29, 1.82) is 0 Å². The molecule has 1 saturated heterocycles. The van der Waals surface area contributed by atoms with Crippen LogP contribution in [-0.2, 0) is 0 Å². The maximum atomic E-state index is 5.24. The molecule has 1 aliphatic heterocycles. The van der Waals surface area contributed by atoms with Gasteiger partial charge in [-0.1, -0.05) is 6.07 Å². The Kier molecular flexibility index (Phi) is 4.55. The van der Waals surface area contributed by atoms with Gasteiger partial charge in [0, 0.05) is 10.1 Å². The maximum absolute atomic E-state index is 5.24. The summed E-state index contributed by atoms with van der Waals surface area (Å²) < 4.78 is 5.24. The van der Waals surface area contributed by atoms with Crippen LogP contribution in [0.15, 0.2) is 29.2 Å². The second kappa shape index (κ2) is 6.16. The molecule has 0 aliphatic carbocycles. The van der Waals surface area contributed by atoms with Crippen molar-refractivity contribution in [2.45, 2.75) is 29.4 Å². The molecule has 16 heavy (non-hydrogen) atoms. The van der Waals surface area contributed by atoms with Gasteiger partial charge in [0.05, 0.1) is 7.11 Å². The highest BCUT2D eigenvalue weighted by Crippen LogP contribution is 2.31. The van der Waals surface area contributed by atoms with Crippen LogP contribution in [0.1, 0.15) is 19.3 Å². The Balaban J connectivity index is 1.96. The molecule has 1 aromatic carbocycles. The van der Waals surface area contributed by atoms with Crippen LogP contribution in [0.25, 0.3) is 0 Å². The van der Waals surface area contributed by atoms with Gasteiger partial charge in [0.15, 0.2) is 0 Å². The van der Waals surface area contributed by atoms with Crippen molar-refractivity contribution in [2.75, 3.05) is 20.2 Å². The molecule has 3 heteroatoms. The molecule has 1 aromatic rings. The Labute approximate surface area is 102 Å². The first-order valence-corrected chi connectivity index (χ1v) is 6.78. The van der Waals surface area contributed by atoms with E-state index in [1.807, 2.05) is 17.8 Å². The van der Waals surface area contributed by atoms with Crippen molar-refractivity contribution < 1.29 is 4.74 Å². The SMILES string of the molecule is COc1cccc(SC2CCCNCC2)c1. The van der Waals surface area contributed by atoms with E-state index >= 15 is 0 Å². The van der Waals surface area contributed by atoms with E-state index in [0.29, 0.717) is 0 Å². The van der Waals surface area contributed by atoms with Crippen molar-refractivity contribution in [3.05, 3.63) is 24.3 Å². The van der Waals surface area contributed by atoms with E-state index in [1.165, 1.54) is 30.7 Å². The lowest BCUT2D eigenvalue weighted by Gasteiger charge is -2.13. The lowest BCUT2D eigenvalue weighted by atomic mass is 10.2. The van der Waals surface area contributed by atoms with Crippen LogP contribution in [0.5, 0.6) is 5.75 Å². The third kappa shape index (κ3) is 3.42. The number of hydrogen-bond donors (Lipinski definition) is 1. The molecule has 0 saturated carbocycles. The first-order valence-electron chi connectivity index (χ1n) is 5.90. The highest BCUT2D eigenvalue weighted by Gasteiger charge is 2.13. The minimum atomic E-state index is 0.752. The van der Waals surface area contributed by atoms with Crippen LogP contribution < -0.4 is 10.1 Å². The standard InChI is InChI=1S/C13H19NOS/c1-15-11-4-2-5-13(10-11)16-12-6-3-8-14-9-7-12/h2,4-5,10,12,14H,3,6-9H2,1H3.